The van der Waals surface area contributed by atoms with Crippen molar-refractivity contribution in [3.8, 4) is 0 Å². The summed E-state index contributed by atoms with van der Waals surface area (Å²) >= 11 is 3.75. The SMILES string of the molecule is C=CCCC(=O)OC[C@H](NC(=O)[C@H]1[C@@H]2O[C@@]3(CC2Br)[C@@H]1C(=O)N([C@@H](CC)CO)[C@@H]3C(=O)N(CC=C)C(C)(C)CC(C)(C)C)c1ccccc1. The van der Waals surface area contributed by atoms with Crippen LogP contribution < -0.4 is 5.32 Å². The van der Waals surface area contributed by atoms with E-state index in [1.54, 1.807) is 17.1 Å². The van der Waals surface area contributed by atoms with Gasteiger partial charge in [0.15, 0.2) is 0 Å². The minimum atomic E-state index is -1.30. The van der Waals surface area contributed by atoms with E-state index in [4.69, 9.17) is 9.47 Å². The van der Waals surface area contributed by atoms with E-state index in [1.165, 1.54) is 4.90 Å². The topological polar surface area (TPSA) is 125 Å². The van der Waals surface area contributed by atoms with Gasteiger partial charge in [-0.05, 0) is 50.5 Å². The molecule has 0 saturated carbocycles. The van der Waals surface area contributed by atoms with Crippen LogP contribution in [-0.4, -0.2) is 92.5 Å². The van der Waals surface area contributed by atoms with E-state index in [0.29, 0.717) is 25.7 Å². The molecule has 3 fully saturated rings. The highest BCUT2D eigenvalue weighted by Crippen LogP contribution is 2.61. The zero-order valence-electron chi connectivity index (χ0n) is 29.8. The number of nitrogens with one attached hydrogen (secondary N) is 1. The van der Waals surface area contributed by atoms with Gasteiger partial charge in [0, 0.05) is 23.3 Å². The molecule has 4 rings (SSSR count). The number of rotatable bonds is 16. The number of aliphatic hydroxyl groups excluding tert-OH is 1. The smallest absolute Gasteiger partial charge is 0.306 e. The summed E-state index contributed by atoms with van der Waals surface area (Å²) in [5, 5.41) is 13.6. The standard InChI is InChI=1S/C38H54BrN3O7/c1-9-12-18-28(44)48-22-27(24-16-14-13-15-17-24)40-33(45)29-30-34(46)42(25(11-3)21-43)32(38(30)20-26(39)31(29)49-38)35(47)41(19-10-2)37(7,8)23-36(4,5)6/h9-10,13-17,25-27,29-32,43H,1-2,11-12,18-23H2,3-8H3,(H,40,45)/t25-,26?,27-,29+,30-,31+,32+,38-/m0/s1. The second-order valence-corrected chi connectivity index (χ2v) is 16.6. The first-order chi connectivity index (χ1) is 23.1. The maximum absolute atomic E-state index is 15.0. The fourth-order valence-electron chi connectivity index (χ4n) is 8.40. The highest BCUT2D eigenvalue weighted by Gasteiger charge is 2.77. The summed E-state index contributed by atoms with van der Waals surface area (Å²) < 4.78 is 12.3. The first-order valence-corrected chi connectivity index (χ1v) is 18.3. The van der Waals surface area contributed by atoms with Crippen molar-refractivity contribution in [1.82, 2.24) is 15.1 Å². The van der Waals surface area contributed by atoms with Crippen molar-refractivity contribution in [2.24, 2.45) is 17.3 Å². The van der Waals surface area contributed by atoms with Gasteiger partial charge in [-0.3, -0.25) is 19.2 Å². The number of ether oxygens (including phenoxy) is 2. The number of halogens is 1. The Labute approximate surface area is 299 Å². The third-order valence-corrected chi connectivity index (χ3v) is 10.9. The maximum atomic E-state index is 15.0. The Morgan fingerprint density at radius 3 is 2.43 bits per heavy atom. The van der Waals surface area contributed by atoms with E-state index >= 15 is 4.79 Å². The molecule has 3 aliphatic rings. The predicted molar refractivity (Wildman–Crippen MR) is 191 cm³/mol. The van der Waals surface area contributed by atoms with Gasteiger partial charge in [-0.2, -0.15) is 0 Å². The molecule has 0 aliphatic carbocycles. The Bertz CT molecular complexity index is 1390. The van der Waals surface area contributed by atoms with Crippen LogP contribution in [0.5, 0.6) is 0 Å². The third kappa shape index (κ3) is 7.84. The van der Waals surface area contributed by atoms with E-state index in [0.717, 1.165) is 5.56 Å². The minimum Gasteiger partial charge on any atom is -0.463 e. The molecule has 1 spiro atoms. The Balaban J connectivity index is 1.73. The monoisotopic (exact) mass is 743 g/mol. The number of esters is 1. The summed E-state index contributed by atoms with van der Waals surface area (Å²) in [7, 11) is 0. The number of allylic oxidation sites excluding steroid dienone is 1. The van der Waals surface area contributed by atoms with Crippen LogP contribution in [0, 0.1) is 17.3 Å². The minimum absolute atomic E-state index is 0.0967. The molecule has 1 unspecified atom stereocenters. The lowest BCUT2D eigenvalue weighted by Crippen LogP contribution is -2.62. The second kappa shape index (κ2) is 15.5. The number of nitrogens with zero attached hydrogens (tertiary/aromatic N) is 2. The van der Waals surface area contributed by atoms with Crippen LogP contribution in [0.2, 0.25) is 0 Å². The molecule has 3 amide bonds. The number of alkyl halides is 1. The highest BCUT2D eigenvalue weighted by molar-refractivity contribution is 9.09. The van der Waals surface area contributed by atoms with Gasteiger partial charge in [0.2, 0.25) is 17.7 Å². The fourth-order valence-corrected chi connectivity index (χ4v) is 9.34. The number of fused-ring (bicyclic) bond motifs is 1. The number of aliphatic hydroxyl groups is 1. The summed E-state index contributed by atoms with van der Waals surface area (Å²) in [4.78, 5) is 59.5. The summed E-state index contributed by atoms with van der Waals surface area (Å²) in [6, 6.07) is 6.82. The van der Waals surface area contributed by atoms with E-state index in [2.05, 4.69) is 55.2 Å². The number of carbonyl (C=O) groups is 4. The largest absolute Gasteiger partial charge is 0.463 e. The van der Waals surface area contributed by atoms with Crippen LogP contribution in [0.3, 0.4) is 0 Å². The number of hydrogen-bond donors (Lipinski definition) is 2. The van der Waals surface area contributed by atoms with E-state index in [9.17, 15) is 19.5 Å². The lowest BCUT2D eigenvalue weighted by atomic mass is 9.70. The molecular weight excluding hydrogens is 690 g/mol. The van der Waals surface area contributed by atoms with E-state index in [-0.39, 0.29) is 48.2 Å². The number of likely N-dealkylation sites (tertiary alicyclic amines) is 1. The second-order valence-electron chi connectivity index (χ2n) is 15.4. The molecule has 3 saturated heterocycles. The molecule has 11 heteroatoms. The molecule has 0 aromatic heterocycles. The van der Waals surface area contributed by atoms with Gasteiger partial charge in [-0.1, -0.05) is 86.1 Å². The summed E-state index contributed by atoms with van der Waals surface area (Å²) in [6.07, 6.45) is 4.73. The van der Waals surface area contributed by atoms with Crippen LogP contribution in [0.1, 0.15) is 85.3 Å². The molecule has 1 aromatic rings. The van der Waals surface area contributed by atoms with Crippen molar-refractivity contribution in [3.05, 3.63) is 61.2 Å². The molecule has 2 N–H and O–H groups in total. The van der Waals surface area contributed by atoms with Crippen molar-refractivity contribution in [2.75, 3.05) is 19.8 Å². The fraction of sp³-hybridized carbons (Fsp3) is 0.632. The Morgan fingerprint density at radius 2 is 1.86 bits per heavy atom. The number of benzene rings is 1. The number of carbonyl (C=O) groups excluding carboxylic acids is 4. The normalized spacial score (nSPS) is 27.3. The first kappa shape index (κ1) is 38.8. The van der Waals surface area contributed by atoms with Crippen molar-refractivity contribution in [1.29, 1.82) is 0 Å². The van der Waals surface area contributed by atoms with Gasteiger partial charge in [0.05, 0.1) is 36.6 Å². The Hall–Kier alpha value is -3.02. The van der Waals surface area contributed by atoms with E-state index < -0.39 is 59.1 Å². The van der Waals surface area contributed by atoms with Crippen LogP contribution >= 0.6 is 15.9 Å². The molecule has 1 aromatic carbocycles. The first-order valence-electron chi connectivity index (χ1n) is 17.4. The van der Waals surface area contributed by atoms with Crippen molar-refractivity contribution >= 4 is 39.6 Å². The van der Waals surface area contributed by atoms with Crippen LogP contribution in [-0.2, 0) is 28.7 Å². The zero-order chi connectivity index (χ0) is 36.3. The number of amides is 3. The number of hydrogen-bond acceptors (Lipinski definition) is 7. The molecule has 0 radical (unpaired) electrons. The van der Waals surface area contributed by atoms with Gasteiger partial charge >= 0.3 is 5.97 Å². The molecule has 270 valence electrons. The molecule has 2 bridgehead atoms. The summed E-state index contributed by atoms with van der Waals surface area (Å²) in [6.45, 7) is 19.7. The Kier molecular flexibility index (Phi) is 12.2. The molecular formula is C38H54BrN3O7. The van der Waals surface area contributed by atoms with Gasteiger partial charge in [0.1, 0.15) is 18.2 Å². The molecule has 10 nitrogen and oxygen atoms in total. The van der Waals surface area contributed by atoms with Crippen molar-refractivity contribution < 1.29 is 33.8 Å². The average Bonchev–Trinajstić information content (AvgIpc) is 3.63. The van der Waals surface area contributed by atoms with Crippen molar-refractivity contribution in [2.45, 2.75) is 114 Å². The van der Waals surface area contributed by atoms with Gasteiger partial charge < -0.3 is 29.7 Å². The predicted octanol–water partition coefficient (Wildman–Crippen LogP) is 5.10. The molecule has 3 heterocycles. The third-order valence-electron chi connectivity index (χ3n) is 10.1. The van der Waals surface area contributed by atoms with Gasteiger partial charge in [0.25, 0.3) is 0 Å². The summed E-state index contributed by atoms with van der Waals surface area (Å²) in [5.74, 6) is -3.38. The lowest BCUT2D eigenvalue weighted by molar-refractivity contribution is -0.155. The highest BCUT2D eigenvalue weighted by atomic mass is 79.9. The van der Waals surface area contributed by atoms with Crippen LogP contribution in [0.15, 0.2) is 55.6 Å². The average molecular weight is 745 g/mol. The van der Waals surface area contributed by atoms with Gasteiger partial charge in [-0.25, -0.2) is 0 Å². The Morgan fingerprint density at radius 1 is 1.18 bits per heavy atom. The van der Waals surface area contributed by atoms with E-state index in [1.807, 2.05) is 51.1 Å². The zero-order valence-corrected chi connectivity index (χ0v) is 31.4. The molecule has 49 heavy (non-hydrogen) atoms. The van der Waals surface area contributed by atoms with Gasteiger partial charge in [-0.15, -0.1) is 13.2 Å². The lowest BCUT2D eigenvalue weighted by Gasteiger charge is -2.46. The van der Waals surface area contributed by atoms with Crippen molar-refractivity contribution in [3.63, 3.8) is 0 Å². The van der Waals surface area contributed by atoms with Crippen LogP contribution in [0.25, 0.3) is 0 Å². The quantitative estimate of drug-likeness (QED) is 0.137. The molecule has 8 atom stereocenters. The maximum Gasteiger partial charge on any atom is 0.306 e. The molecule has 3 aliphatic heterocycles. The van der Waals surface area contributed by atoms with Crippen LogP contribution in [0.4, 0.5) is 0 Å². The summed E-state index contributed by atoms with van der Waals surface area (Å²) in [5.41, 5.74) is -1.27.